The molecule has 1 heterocycles. The Balaban J connectivity index is 2.01. The van der Waals surface area contributed by atoms with E-state index in [0.717, 1.165) is 31.5 Å². The molecular weight excluding hydrogens is 320 g/mol. The summed E-state index contributed by atoms with van der Waals surface area (Å²) in [5.41, 5.74) is 1.14. The zero-order chi connectivity index (χ0) is 18.2. The third kappa shape index (κ3) is 5.28. The molecule has 0 bridgehead atoms. The lowest BCUT2D eigenvalue weighted by Gasteiger charge is -2.37. The summed E-state index contributed by atoms with van der Waals surface area (Å²) in [6.07, 6.45) is 1.92. The van der Waals surface area contributed by atoms with Crippen LogP contribution in [-0.4, -0.2) is 54.2 Å². The Hall–Kier alpha value is -1.92. The van der Waals surface area contributed by atoms with Gasteiger partial charge in [0.1, 0.15) is 0 Å². The van der Waals surface area contributed by atoms with Crippen LogP contribution in [0.1, 0.15) is 42.6 Å². The lowest BCUT2D eigenvalue weighted by molar-refractivity contribution is -0.131. The van der Waals surface area contributed by atoms with Crippen molar-refractivity contribution in [3.05, 3.63) is 35.4 Å². The molecule has 0 spiro atoms. The number of carbonyl (C=O) groups is 2. The van der Waals surface area contributed by atoms with E-state index in [1.165, 1.54) is 0 Å². The van der Waals surface area contributed by atoms with Crippen LogP contribution in [0.15, 0.2) is 24.3 Å². The lowest BCUT2D eigenvalue weighted by atomic mass is 9.91. The minimum absolute atomic E-state index is 0.0397. The number of nitrogens with zero attached hydrogens (tertiary/aromatic N) is 1. The summed E-state index contributed by atoms with van der Waals surface area (Å²) in [4.78, 5) is 26.0. The lowest BCUT2D eigenvalue weighted by Crippen LogP contribution is -2.54. The number of carbonyl (C=O) groups excluding carboxylic acids is 1. The molecule has 6 heteroatoms. The fourth-order valence-corrected chi connectivity index (χ4v) is 3.33. The van der Waals surface area contributed by atoms with Crippen molar-refractivity contribution < 1.29 is 19.4 Å². The highest BCUT2D eigenvalue weighted by molar-refractivity contribution is 5.87. The predicted octanol–water partition coefficient (Wildman–Crippen LogP) is 2.14. The second kappa shape index (κ2) is 9.53. The zero-order valence-corrected chi connectivity index (χ0v) is 15.0. The third-order valence-electron chi connectivity index (χ3n) is 4.87. The van der Waals surface area contributed by atoms with Gasteiger partial charge in [0.15, 0.2) is 0 Å². The van der Waals surface area contributed by atoms with Crippen molar-refractivity contribution in [1.82, 2.24) is 10.2 Å². The van der Waals surface area contributed by atoms with Gasteiger partial charge in [-0.2, -0.15) is 0 Å². The fraction of sp³-hybridized carbons (Fsp3) is 0.579. The summed E-state index contributed by atoms with van der Waals surface area (Å²) >= 11 is 0. The number of nitrogens with one attached hydrogen (secondary N) is 1. The van der Waals surface area contributed by atoms with E-state index in [9.17, 15) is 9.59 Å². The number of carboxylic acids is 1. The van der Waals surface area contributed by atoms with E-state index in [1.54, 1.807) is 24.3 Å². The van der Waals surface area contributed by atoms with Gasteiger partial charge in [0.05, 0.1) is 24.8 Å². The topological polar surface area (TPSA) is 78.9 Å². The summed E-state index contributed by atoms with van der Waals surface area (Å²) in [6, 6.07) is 6.46. The molecule has 25 heavy (non-hydrogen) atoms. The van der Waals surface area contributed by atoms with Crippen LogP contribution in [0, 0.1) is 5.92 Å². The Kier molecular flexibility index (Phi) is 7.40. The number of aromatic carboxylic acids is 1. The van der Waals surface area contributed by atoms with Crippen LogP contribution in [0.5, 0.6) is 0 Å². The Labute approximate surface area is 149 Å². The van der Waals surface area contributed by atoms with E-state index < -0.39 is 5.97 Å². The molecule has 1 aliphatic rings. The van der Waals surface area contributed by atoms with Crippen LogP contribution < -0.4 is 5.32 Å². The summed E-state index contributed by atoms with van der Waals surface area (Å²) in [5, 5.41) is 12.0. The molecule has 1 fully saturated rings. The summed E-state index contributed by atoms with van der Waals surface area (Å²) in [7, 11) is 0. The molecule has 138 valence electrons. The maximum Gasteiger partial charge on any atom is 0.335 e. The first kappa shape index (κ1) is 19.4. The highest BCUT2D eigenvalue weighted by Gasteiger charge is 2.32. The summed E-state index contributed by atoms with van der Waals surface area (Å²) < 4.78 is 5.42. The first-order valence-corrected chi connectivity index (χ1v) is 8.98. The first-order valence-electron chi connectivity index (χ1n) is 8.98. The van der Waals surface area contributed by atoms with Crippen molar-refractivity contribution in [3.63, 3.8) is 0 Å². The average Bonchev–Trinajstić information content (AvgIpc) is 2.65. The SMILES string of the molecule is CCC(CC)C(C(=O)NCc1ccc(C(=O)O)cc1)N1CCOCC1. The number of morpholine rings is 1. The number of benzene rings is 1. The molecule has 0 saturated carbocycles. The second-order valence-corrected chi connectivity index (χ2v) is 6.39. The molecule has 1 aliphatic heterocycles. The van der Waals surface area contributed by atoms with Crippen LogP contribution >= 0.6 is 0 Å². The Morgan fingerprint density at radius 3 is 2.28 bits per heavy atom. The van der Waals surface area contributed by atoms with Gasteiger partial charge >= 0.3 is 5.97 Å². The van der Waals surface area contributed by atoms with Crippen molar-refractivity contribution in [2.45, 2.75) is 39.3 Å². The van der Waals surface area contributed by atoms with Gasteiger partial charge < -0.3 is 15.2 Å². The molecule has 1 atom stereocenters. The van der Waals surface area contributed by atoms with Crippen molar-refractivity contribution in [1.29, 1.82) is 0 Å². The number of ether oxygens (including phenoxy) is 1. The van der Waals surface area contributed by atoms with Crippen LogP contribution in [0.2, 0.25) is 0 Å². The van der Waals surface area contributed by atoms with Crippen molar-refractivity contribution in [2.24, 2.45) is 5.92 Å². The Bertz CT molecular complexity index is 563. The summed E-state index contributed by atoms with van der Waals surface area (Å²) in [6.45, 7) is 7.55. The van der Waals surface area contributed by atoms with E-state index in [1.807, 2.05) is 0 Å². The molecule has 1 unspecified atom stereocenters. The van der Waals surface area contributed by atoms with E-state index in [4.69, 9.17) is 9.84 Å². The van der Waals surface area contributed by atoms with Gasteiger partial charge in [-0.05, 0) is 23.6 Å². The van der Waals surface area contributed by atoms with E-state index in [-0.39, 0.29) is 17.5 Å². The van der Waals surface area contributed by atoms with E-state index >= 15 is 0 Å². The van der Waals surface area contributed by atoms with Crippen molar-refractivity contribution >= 4 is 11.9 Å². The number of hydrogen-bond donors (Lipinski definition) is 2. The number of carboxylic acid groups (broad SMARTS) is 1. The van der Waals surface area contributed by atoms with E-state index in [0.29, 0.717) is 25.7 Å². The van der Waals surface area contributed by atoms with Gasteiger partial charge in [-0.1, -0.05) is 38.8 Å². The molecule has 2 rings (SSSR count). The van der Waals surface area contributed by atoms with Gasteiger partial charge in [0.25, 0.3) is 0 Å². The first-order chi connectivity index (χ1) is 12.1. The third-order valence-corrected chi connectivity index (χ3v) is 4.87. The standard InChI is InChI=1S/C19H28N2O4/c1-3-15(4-2)17(21-9-11-25-12-10-21)18(22)20-13-14-5-7-16(8-6-14)19(23)24/h5-8,15,17H,3-4,9-13H2,1-2H3,(H,20,22)(H,23,24). The van der Waals surface area contributed by atoms with Gasteiger partial charge in [-0.15, -0.1) is 0 Å². The largest absolute Gasteiger partial charge is 0.478 e. The molecule has 1 aromatic carbocycles. The number of rotatable bonds is 8. The Morgan fingerprint density at radius 1 is 1.16 bits per heavy atom. The minimum Gasteiger partial charge on any atom is -0.478 e. The van der Waals surface area contributed by atoms with Crippen LogP contribution in [-0.2, 0) is 16.1 Å². The fourth-order valence-electron chi connectivity index (χ4n) is 3.33. The van der Waals surface area contributed by atoms with Gasteiger partial charge in [-0.3, -0.25) is 9.69 Å². The molecule has 0 aliphatic carbocycles. The smallest absolute Gasteiger partial charge is 0.335 e. The van der Waals surface area contributed by atoms with Gasteiger partial charge in [0.2, 0.25) is 5.91 Å². The Morgan fingerprint density at radius 2 is 1.76 bits per heavy atom. The normalized spacial score (nSPS) is 16.6. The number of amides is 1. The molecule has 6 nitrogen and oxygen atoms in total. The molecular formula is C19H28N2O4. The highest BCUT2D eigenvalue weighted by atomic mass is 16.5. The zero-order valence-electron chi connectivity index (χ0n) is 15.0. The molecule has 1 saturated heterocycles. The monoisotopic (exact) mass is 348 g/mol. The van der Waals surface area contributed by atoms with Crippen LogP contribution in [0.3, 0.4) is 0 Å². The van der Waals surface area contributed by atoms with Crippen LogP contribution in [0.4, 0.5) is 0 Å². The molecule has 2 N–H and O–H groups in total. The quantitative estimate of drug-likeness (QED) is 0.752. The molecule has 0 aromatic heterocycles. The molecule has 1 aromatic rings. The number of hydrogen-bond acceptors (Lipinski definition) is 4. The molecule has 0 radical (unpaired) electrons. The van der Waals surface area contributed by atoms with Gasteiger partial charge in [0, 0.05) is 19.6 Å². The van der Waals surface area contributed by atoms with E-state index in [2.05, 4.69) is 24.1 Å². The summed E-state index contributed by atoms with van der Waals surface area (Å²) in [5.74, 6) is -0.595. The maximum atomic E-state index is 12.9. The van der Waals surface area contributed by atoms with Gasteiger partial charge in [-0.25, -0.2) is 4.79 Å². The second-order valence-electron chi connectivity index (χ2n) is 6.39. The van der Waals surface area contributed by atoms with Crippen molar-refractivity contribution in [3.8, 4) is 0 Å². The van der Waals surface area contributed by atoms with Crippen molar-refractivity contribution in [2.75, 3.05) is 26.3 Å². The maximum absolute atomic E-state index is 12.9. The average molecular weight is 348 g/mol. The predicted molar refractivity (Wildman–Crippen MR) is 95.5 cm³/mol. The van der Waals surface area contributed by atoms with Crippen LogP contribution in [0.25, 0.3) is 0 Å². The highest BCUT2D eigenvalue weighted by Crippen LogP contribution is 2.20. The molecule has 1 amide bonds. The minimum atomic E-state index is -0.947.